The summed E-state index contributed by atoms with van der Waals surface area (Å²) in [5.41, 5.74) is 0. The Balaban J connectivity index is 2.45. The molecule has 34 valence electrons. The van der Waals surface area contributed by atoms with E-state index in [0.29, 0.717) is 5.92 Å². The Morgan fingerprint density at radius 1 is 1.83 bits per heavy atom. The van der Waals surface area contributed by atoms with Gasteiger partial charge in [0.2, 0.25) is 0 Å². The van der Waals surface area contributed by atoms with Gasteiger partial charge < -0.3 is 0 Å². The fourth-order valence-corrected chi connectivity index (χ4v) is 0.640. The molecule has 0 aromatic rings. The van der Waals surface area contributed by atoms with Crippen molar-refractivity contribution in [2.24, 2.45) is 5.92 Å². The van der Waals surface area contributed by atoms with E-state index in [1.807, 2.05) is 6.08 Å². The molecule has 1 aliphatic carbocycles. The number of rotatable bonds is 0. The SMILES string of the molecule is [2H][C@H]1C=CCC1C. The summed E-state index contributed by atoms with van der Waals surface area (Å²) >= 11 is 0. The lowest BCUT2D eigenvalue weighted by atomic mass is 10.1. The fraction of sp³-hybridized carbons (Fsp3) is 0.667. The van der Waals surface area contributed by atoms with E-state index in [1.54, 1.807) is 0 Å². The van der Waals surface area contributed by atoms with Gasteiger partial charge in [-0.25, -0.2) is 0 Å². The zero-order chi connectivity index (χ0) is 5.28. The van der Waals surface area contributed by atoms with Crippen LogP contribution in [0.15, 0.2) is 12.2 Å². The second-order valence-corrected chi connectivity index (χ2v) is 1.83. The molecule has 0 aromatic heterocycles. The lowest BCUT2D eigenvalue weighted by Gasteiger charge is -1.92. The summed E-state index contributed by atoms with van der Waals surface area (Å²) in [6, 6.07) is 0. The molecule has 0 fully saturated rings. The summed E-state index contributed by atoms with van der Waals surface area (Å²) in [7, 11) is 0. The van der Waals surface area contributed by atoms with Crippen molar-refractivity contribution >= 4 is 0 Å². The topological polar surface area (TPSA) is 0 Å². The third kappa shape index (κ3) is 0.618. The Kier molecular flexibility index (Phi) is 0.691. The van der Waals surface area contributed by atoms with E-state index in [-0.39, 0.29) is 6.40 Å². The van der Waals surface area contributed by atoms with Gasteiger partial charge in [-0.05, 0) is 18.7 Å². The maximum Gasteiger partial charge on any atom is 0.0312 e. The van der Waals surface area contributed by atoms with Crippen LogP contribution in [0.5, 0.6) is 0 Å². The summed E-state index contributed by atoms with van der Waals surface area (Å²) in [4.78, 5) is 0. The first-order valence-electron chi connectivity index (χ1n) is 2.97. The third-order valence-electron chi connectivity index (χ3n) is 1.08. The Morgan fingerprint density at radius 2 is 2.67 bits per heavy atom. The highest BCUT2D eigenvalue weighted by Gasteiger charge is 1.99. The van der Waals surface area contributed by atoms with Gasteiger partial charge in [0.1, 0.15) is 0 Å². The average Bonchev–Trinajstić information content (AvgIpc) is 1.91. The summed E-state index contributed by atoms with van der Waals surface area (Å²) in [6.45, 7) is 2.11. The second-order valence-electron chi connectivity index (χ2n) is 1.83. The first-order valence-corrected chi connectivity index (χ1v) is 2.39. The highest BCUT2D eigenvalue weighted by atomic mass is 14.1. The monoisotopic (exact) mass is 83.1 g/mol. The van der Waals surface area contributed by atoms with Crippen molar-refractivity contribution < 1.29 is 1.37 Å². The quantitative estimate of drug-likeness (QED) is 0.393. The molecule has 0 aliphatic heterocycles. The molecule has 0 aromatic carbocycles. The largest absolute Gasteiger partial charge is 0.0883 e. The maximum atomic E-state index is 7.25. The van der Waals surface area contributed by atoms with Crippen LogP contribution in [0.3, 0.4) is 0 Å². The smallest absolute Gasteiger partial charge is 0.0312 e. The van der Waals surface area contributed by atoms with Gasteiger partial charge in [-0.1, -0.05) is 19.1 Å². The van der Waals surface area contributed by atoms with Gasteiger partial charge in [-0.15, -0.1) is 0 Å². The maximum absolute atomic E-state index is 7.25. The van der Waals surface area contributed by atoms with Crippen LogP contribution in [0, 0.1) is 5.92 Å². The van der Waals surface area contributed by atoms with Crippen molar-refractivity contribution in [2.45, 2.75) is 19.7 Å². The standard InChI is InChI=1S/C6H10/c1-6-4-2-3-5-6/h2-3,6H,4-5H2,1H3/i4D/t4-,6?/m0/s1. The van der Waals surface area contributed by atoms with Crippen LogP contribution in [0.4, 0.5) is 0 Å². The molecular formula is C6H10. The number of allylic oxidation sites excluding steroid dienone is 2. The molecule has 6 heavy (non-hydrogen) atoms. The first-order chi connectivity index (χ1) is 3.30. The molecule has 0 saturated carbocycles. The molecule has 0 heteroatoms. The van der Waals surface area contributed by atoms with Gasteiger partial charge in [0, 0.05) is 1.37 Å². The molecule has 0 N–H and O–H groups in total. The molecule has 0 bridgehead atoms. The lowest BCUT2D eigenvalue weighted by molar-refractivity contribution is 0.638. The highest BCUT2D eigenvalue weighted by molar-refractivity contribution is 4.92. The van der Waals surface area contributed by atoms with Crippen LogP contribution in [0.1, 0.15) is 21.1 Å². The zero-order valence-electron chi connectivity index (χ0n) is 5.02. The van der Waals surface area contributed by atoms with Crippen LogP contribution in [-0.2, 0) is 0 Å². The Labute approximate surface area is 40.3 Å². The second kappa shape index (κ2) is 1.46. The van der Waals surface area contributed by atoms with E-state index < -0.39 is 0 Å². The van der Waals surface area contributed by atoms with Crippen molar-refractivity contribution in [3.05, 3.63) is 12.2 Å². The minimum absolute atomic E-state index is 0.0833. The van der Waals surface area contributed by atoms with Gasteiger partial charge >= 0.3 is 0 Å². The first kappa shape index (κ1) is 2.84. The fourth-order valence-electron chi connectivity index (χ4n) is 0.640. The minimum atomic E-state index is 0.0833. The molecular weight excluding hydrogens is 72.1 g/mol. The molecule has 1 aliphatic rings. The molecule has 0 heterocycles. The van der Waals surface area contributed by atoms with Crippen LogP contribution in [-0.4, -0.2) is 0 Å². The molecule has 0 radical (unpaired) electrons. The predicted octanol–water partition coefficient (Wildman–Crippen LogP) is 1.97. The van der Waals surface area contributed by atoms with E-state index in [9.17, 15) is 0 Å². The molecule has 0 nitrogen and oxygen atoms in total. The summed E-state index contributed by atoms with van der Waals surface area (Å²) in [5.74, 6) is 0.569. The van der Waals surface area contributed by atoms with Gasteiger partial charge in [0.15, 0.2) is 0 Å². The third-order valence-corrected chi connectivity index (χ3v) is 1.08. The van der Waals surface area contributed by atoms with Crippen molar-refractivity contribution in [2.75, 3.05) is 0 Å². The van der Waals surface area contributed by atoms with Crippen LogP contribution >= 0.6 is 0 Å². The summed E-state index contributed by atoms with van der Waals surface area (Å²) < 4.78 is 7.25. The molecule has 1 unspecified atom stereocenters. The lowest BCUT2D eigenvalue weighted by Crippen LogP contribution is -1.79. The molecule has 2 atom stereocenters. The van der Waals surface area contributed by atoms with Crippen LogP contribution in [0.25, 0.3) is 0 Å². The van der Waals surface area contributed by atoms with E-state index in [2.05, 4.69) is 13.0 Å². The Bertz CT molecular complexity index is 86.2. The normalized spacial score (nSPS) is 46.5. The average molecular weight is 83.2 g/mol. The van der Waals surface area contributed by atoms with E-state index in [1.165, 1.54) is 0 Å². The van der Waals surface area contributed by atoms with E-state index in [0.717, 1.165) is 6.42 Å². The number of hydrogen-bond acceptors (Lipinski definition) is 0. The van der Waals surface area contributed by atoms with Gasteiger partial charge in [-0.2, -0.15) is 0 Å². The van der Waals surface area contributed by atoms with Crippen molar-refractivity contribution in [1.29, 1.82) is 0 Å². The van der Waals surface area contributed by atoms with Crippen molar-refractivity contribution in [3.63, 3.8) is 0 Å². The molecule has 0 amide bonds. The van der Waals surface area contributed by atoms with Gasteiger partial charge in [0.25, 0.3) is 0 Å². The molecule has 1 rings (SSSR count). The summed E-state index contributed by atoms with van der Waals surface area (Å²) in [5, 5.41) is 0. The van der Waals surface area contributed by atoms with Gasteiger partial charge in [-0.3, -0.25) is 0 Å². The Hall–Kier alpha value is -0.260. The van der Waals surface area contributed by atoms with E-state index in [4.69, 9.17) is 1.37 Å². The van der Waals surface area contributed by atoms with Crippen LogP contribution < -0.4 is 0 Å². The van der Waals surface area contributed by atoms with Crippen molar-refractivity contribution in [3.8, 4) is 0 Å². The minimum Gasteiger partial charge on any atom is -0.0883 e. The summed E-state index contributed by atoms with van der Waals surface area (Å²) in [6.07, 6.45) is 5.24. The van der Waals surface area contributed by atoms with Crippen LogP contribution in [0.2, 0.25) is 0 Å². The highest BCUT2D eigenvalue weighted by Crippen LogP contribution is 2.15. The van der Waals surface area contributed by atoms with E-state index >= 15 is 0 Å². The zero-order valence-corrected chi connectivity index (χ0v) is 4.02. The number of hydrogen-bond donors (Lipinski definition) is 0. The molecule has 0 spiro atoms. The molecule has 0 saturated heterocycles. The predicted molar refractivity (Wildman–Crippen MR) is 27.5 cm³/mol. The van der Waals surface area contributed by atoms with Gasteiger partial charge in [0.05, 0.1) is 0 Å². The Morgan fingerprint density at radius 3 is 2.83 bits per heavy atom. The van der Waals surface area contributed by atoms with Crippen molar-refractivity contribution in [1.82, 2.24) is 0 Å².